The van der Waals surface area contributed by atoms with Crippen molar-refractivity contribution in [2.75, 3.05) is 0 Å². The molecular weight excluding hydrogens is 216 g/mol. The van der Waals surface area contributed by atoms with Crippen LogP contribution < -0.4 is 0 Å². The first-order valence-electron chi connectivity index (χ1n) is 5.59. The van der Waals surface area contributed by atoms with E-state index in [0.29, 0.717) is 11.1 Å². The van der Waals surface area contributed by atoms with Crippen LogP contribution in [0.3, 0.4) is 0 Å². The highest BCUT2D eigenvalue weighted by atomic mass is 16.3. The van der Waals surface area contributed by atoms with Crippen molar-refractivity contribution in [3.8, 4) is 0 Å². The first-order valence-corrected chi connectivity index (χ1v) is 5.59. The van der Waals surface area contributed by atoms with Crippen molar-refractivity contribution in [3.63, 3.8) is 0 Å². The second-order valence-electron chi connectivity index (χ2n) is 4.08. The summed E-state index contributed by atoms with van der Waals surface area (Å²) in [5.74, 6) is 0. The molecule has 0 unspecified atom stereocenters. The lowest BCUT2D eigenvalue weighted by atomic mass is 9.90. The van der Waals surface area contributed by atoms with Crippen LogP contribution in [0.2, 0.25) is 0 Å². The largest absolute Gasteiger partial charge is 0.392 e. The molecule has 0 amide bonds. The summed E-state index contributed by atoms with van der Waals surface area (Å²) in [5, 5.41) is 30.3. The van der Waals surface area contributed by atoms with Crippen molar-refractivity contribution < 1.29 is 15.3 Å². The van der Waals surface area contributed by atoms with Crippen LogP contribution in [-0.2, 0) is 19.8 Å². The van der Waals surface area contributed by atoms with Crippen LogP contribution in [0.1, 0.15) is 22.3 Å². The average Bonchev–Trinajstić information content (AvgIpc) is 2.38. The zero-order valence-electron chi connectivity index (χ0n) is 9.77. The Labute approximate surface area is 100.0 Å². The van der Waals surface area contributed by atoms with Gasteiger partial charge in [0.15, 0.2) is 0 Å². The molecule has 0 saturated heterocycles. The van der Waals surface area contributed by atoms with Crippen molar-refractivity contribution in [3.05, 3.63) is 46.5 Å². The standard InChI is InChI=1S/C14H16O3/c1-9-10-4-2-3-5-11(10)13(7-16)14(8-17)12(9)6-15/h2-5,15-17H,6-8H2,1H3. The predicted octanol–water partition coefficient (Wildman–Crippen LogP) is 1.63. The Hall–Kier alpha value is -1.42. The van der Waals surface area contributed by atoms with Gasteiger partial charge in [0.1, 0.15) is 0 Å². The molecule has 3 nitrogen and oxygen atoms in total. The van der Waals surface area contributed by atoms with Crippen molar-refractivity contribution in [2.24, 2.45) is 0 Å². The molecule has 0 aliphatic heterocycles. The van der Waals surface area contributed by atoms with Crippen LogP contribution in [0.4, 0.5) is 0 Å². The molecule has 0 saturated carbocycles. The molecule has 90 valence electrons. The van der Waals surface area contributed by atoms with E-state index in [1.165, 1.54) is 0 Å². The van der Waals surface area contributed by atoms with Crippen molar-refractivity contribution in [1.82, 2.24) is 0 Å². The Bertz CT molecular complexity index is 547. The number of aliphatic hydroxyl groups excluding tert-OH is 3. The van der Waals surface area contributed by atoms with E-state index in [1.807, 2.05) is 31.2 Å². The lowest BCUT2D eigenvalue weighted by Crippen LogP contribution is -2.05. The van der Waals surface area contributed by atoms with Crippen LogP contribution in [0.5, 0.6) is 0 Å². The molecule has 0 bridgehead atoms. The summed E-state index contributed by atoms with van der Waals surface area (Å²) >= 11 is 0. The fraction of sp³-hybridized carbons (Fsp3) is 0.286. The first-order chi connectivity index (χ1) is 8.24. The fourth-order valence-corrected chi connectivity index (χ4v) is 2.39. The highest BCUT2D eigenvalue weighted by Crippen LogP contribution is 2.30. The molecule has 3 N–H and O–H groups in total. The van der Waals surface area contributed by atoms with Gasteiger partial charge in [-0.15, -0.1) is 0 Å². The molecular formula is C14H16O3. The van der Waals surface area contributed by atoms with Crippen molar-refractivity contribution >= 4 is 10.8 Å². The topological polar surface area (TPSA) is 60.7 Å². The first kappa shape index (κ1) is 12.0. The Morgan fingerprint density at radius 1 is 0.765 bits per heavy atom. The minimum Gasteiger partial charge on any atom is -0.392 e. The molecule has 0 aliphatic carbocycles. The van der Waals surface area contributed by atoms with Gasteiger partial charge in [-0.05, 0) is 39.9 Å². The van der Waals surface area contributed by atoms with Gasteiger partial charge < -0.3 is 15.3 Å². The Morgan fingerprint density at radius 2 is 1.29 bits per heavy atom. The average molecular weight is 232 g/mol. The maximum atomic E-state index is 9.47. The minimum absolute atomic E-state index is 0.125. The number of hydrogen-bond donors (Lipinski definition) is 3. The van der Waals surface area contributed by atoms with E-state index < -0.39 is 0 Å². The van der Waals surface area contributed by atoms with Gasteiger partial charge in [0.2, 0.25) is 0 Å². The van der Waals surface area contributed by atoms with E-state index in [9.17, 15) is 15.3 Å². The predicted molar refractivity (Wildman–Crippen MR) is 66.5 cm³/mol. The normalized spacial score (nSPS) is 11.1. The fourth-order valence-electron chi connectivity index (χ4n) is 2.39. The van der Waals surface area contributed by atoms with E-state index in [1.54, 1.807) is 0 Å². The van der Waals surface area contributed by atoms with Gasteiger partial charge >= 0.3 is 0 Å². The van der Waals surface area contributed by atoms with Crippen LogP contribution in [0, 0.1) is 6.92 Å². The summed E-state index contributed by atoms with van der Waals surface area (Å²) in [5.41, 5.74) is 3.03. The highest BCUT2D eigenvalue weighted by Gasteiger charge is 2.14. The van der Waals surface area contributed by atoms with Crippen LogP contribution in [0.15, 0.2) is 24.3 Å². The van der Waals surface area contributed by atoms with E-state index in [4.69, 9.17) is 0 Å². The van der Waals surface area contributed by atoms with Crippen LogP contribution in [-0.4, -0.2) is 15.3 Å². The van der Waals surface area contributed by atoms with E-state index in [2.05, 4.69) is 0 Å². The number of hydrogen-bond acceptors (Lipinski definition) is 3. The van der Waals surface area contributed by atoms with Gasteiger partial charge in [0.05, 0.1) is 19.8 Å². The molecule has 0 atom stereocenters. The molecule has 2 aromatic rings. The summed E-state index contributed by atoms with van der Waals surface area (Å²) in [6.07, 6.45) is 0. The van der Waals surface area contributed by atoms with E-state index in [-0.39, 0.29) is 19.8 Å². The third kappa shape index (κ3) is 1.82. The maximum absolute atomic E-state index is 9.47. The number of benzene rings is 2. The number of fused-ring (bicyclic) bond motifs is 1. The third-order valence-corrected chi connectivity index (χ3v) is 3.31. The van der Waals surface area contributed by atoms with Gasteiger partial charge in [0, 0.05) is 0 Å². The summed E-state index contributed by atoms with van der Waals surface area (Å²) in [7, 11) is 0. The zero-order chi connectivity index (χ0) is 12.4. The quantitative estimate of drug-likeness (QED) is 0.753. The minimum atomic E-state index is -0.169. The van der Waals surface area contributed by atoms with Gasteiger partial charge in [-0.2, -0.15) is 0 Å². The summed E-state index contributed by atoms with van der Waals surface area (Å²) in [6.45, 7) is 1.49. The van der Waals surface area contributed by atoms with Crippen molar-refractivity contribution in [2.45, 2.75) is 26.7 Å². The lowest BCUT2D eigenvalue weighted by Gasteiger charge is -2.17. The summed E-state index contributed by atoms with van der Waals surface area (Å²) in [6, 6.07) is 7.72. The summed E-state index contributed by atoms with van der Waals surface area (Å²) in [4.78, 5) is 0. The maximum Gasteiger partial charge on any atom is 0.0691 e. The molecule has 0 spiro atoms. The van der Waals surface area contributed by atoms with Crippen molar-refractivity contribution in [1.29, 1.82) is 0 Å². The van der Waals surface area contributed by atoms with E-state index >= 15 is 0 Å². The molecule has 0 aromatic heterocycles. The van der Waals surface area contributed by atoms with Gasteiger partial charge in [-0.1, -0.05) is 24.3 Å². The molecule has 0 aliphatic rings. The van der Waals surface area contributed by atoms with Gasteiger partial charge in [-0.25, -0.2) is 0 Å². The monoisotopic (exact) mass is 232 g/mol. The second-order valence-corrected chi connectivity index (χ2v) is 4.08. The van der Waals surface area contributed by atoms with Gasteiger partial charge in [-0.3, -0.25) is 0 Å². The number of aliphatic hydroxyl groups is 3. The van der Waals surface area contributed by atoms with Crippen LogP contribution >= 0.6 is 0 Å². The smallest absolute Gasteiger partial charge is 0.0691 e. The molecule has 2 rings (SSSR count). The molecule has 3 heteroatoms. The lowest BCUT2D eigenvalue weighted by molar-refractivity contribution is 0.248. The second kappa shape index (κ2) is 4.84. The zero-order valence-corrected chi connectivity index (χ0v) is 9.77. The number of rotatable bonds is 3. The third-order valence-electron chi connectivity index (χ3n) is 3.31. The van der Waals surface area contributed by atoms with E-state index in [0.717, 1.165) is 21.9 Å². The Morgan fingerprint density at radius 3 is 1.82 bits per heavy atom. The Kier molecular flexibility index (Phi) is 3.43. The summed E-state index contributed by atoms with van der Waals surface area (Å²) < 4.78 is 0. The number of aryl methyl sites for hydroxylation is 1. The molecule has 2 aromatic carbocycles. The SMILES string of the molecule is Cc1c(CO)c(CO)c(CO)c2ccccc12. The highest BCUT2D eigenvalue weighted by molar-refractivity contribution is 5.90. The van der Waals surface area contributed by atoms with Gasteiger partial charge in [0.25, 0.3) is 0 Å². The molecule has 0 fully saturated rings. The van der Waals surface area contributed by atoms with Crippen LogP contribution in [0.25, 0.3) is 10.8 Å². The molecule has 0 heterocycles. The molecule has 0 radical (unpaired) electrons. The Balaban J connectivity index is 2.93. The molecule has 17 heavy (non-hydrogen) atoms.